The van der Waals surface area contributed by atoms with E-state index in [1.165, 1.54) is 17.0 Å². The first-order chi connectivity index (χ1) is 22.7. The Balaban J connectivity index is 0.000000260. The summed E-state index contributed by atoms with van der Waals surface area (Å²) in [7, 11) is 0. The fourth-order valence-electron chi connectivity index (χ4n) is 6.24. The van der Waals surface area contributed by atoms with Crippen molar-refractivity contribution in [1.82, 2.24) is 9.97 Å². The predicted molar refractivity (Wildman–Crippen MR) is 197 cm³/mol. The molecule has 3 aromatic carbocycles. The van der Waals surface area contributed by atoms with E-state index in [-0.39, 0.29) is 47.9 Å². The van der Waals surface area contributed by atoms with Gasteiger partial charge in [-0.25, -0.2) is 4.98 Å². The van der Waals surface area contributed by atoms with Gasteiger partial charge < -0.3 is 13.9 Å². The number of furan rings is 2. The van der Waals surface area contributed by atoms with Crippen LogP contribution < -0.4 is 0 Å². The van der Waals surface area contributed by atoms with Gasteiger partial charge in [0.25, 0.3) is 0 Å². The number of aromatic nitrogens is 2. The molecule has 3 heterocycles. The topological polar surface area (TPSA) is 89.4 Å². The van der Waals surface area contributed by atoms with E-state index < -0.39 is 0 Å². The number of hydrogen-bond acceptors (Lipinski definition) is 6. The predicted octanol–water partition coefficient (Wildman–Crippen LogP) is 12.0. The Labute approximate surface area is 303 Å². The Hall–Kier alpha value is -3.80. The minimum atomic E-state index is -0.337. The van der Waals surface area contributed by atoms with Gasteiger partial charge in [0.15, 0.2) is 5.78 Å². The molecule has 6 nitrogen and oxygen atoms in total. The fourth-order valence-corrected chi connectivity index (χ4v) is 6.24. The van der Waals surface area contributed by atoms with Crippen molar-refractivity contribution in [2.45, 2.75) is 100 Å². The van der Waals surface area contributed by atoms with Crippen LogP contribution in [0.1, 0.15) is 99.1 Å². The third-order valence-electron chi connectivity index (χ3n) is 10.6. The summed E-state index contributed by atoms with van der Waals surface area (Å²) in [6.45, 7) is 20.8. The molecule has 1 N–H and O–H groups in total. The van der Waals surface area contributed by atoms with Crippen LogP contribution in [0.3, 0.4) is 0 Å². The maximum absolute atomic E-state index is 12.2. The number of nitrogens with zero attached hydrogens (tertiary/aromatic N) is 2. The van der Waals surface area contributed by atoms with Crippen molar-refractivity contribution < 1.29 is 38.8 Å². The molecule has 49 heavy (non-hydrogen) atoms. The maximum atomic E-state index is 12.2. The van der Waals surface area contributed by atoms with Gasteiger partial charge in [0.1, 0.15) is 23.3 Å². The SMILES string of the molecule is CCC(C)(CC)C(=O)/C=C(\O)C(C)(CC)CC.Cc1coc2ccc3oc4ncnc(-c5[c-]c6ccccc6c(C(C)(C)C)c5)c4c3c12.[Ir]. The number of rotatable bonds is 8. The van der Waals surface area contributed by atoms with Crippen LogP contribution in [-0.4, -0.2) is 20.9 Å². The Morgan fingerprint density at radius 3 is 2.12 bits per heavy atom. The molecule has 0 atom stereocenters. The largest absolute Gasteiger partial charge is 0.512 e. The molecule has 6 rings (SSSR count). The van der Waals surface area contributed by atoms with Crippen molar-refractivity contribution >= 4 is 49.6 Å². The minimum Gasteiger partial charge on any atom is -0.512 e. The number of aliphatic hydroxyl groups excluding tert-OH is 1. The molecule has 0 aliphatic rings. The molecule has 0 unspecified atom stereocenters. The van der Waals surface area contributed by atoms with Crippen molar-refractivity contribution in [3.8, 4) is 11.3 Å². The maximum Gasteiger partial charge on any atom is 0.223 e. The Morgan fingerprint density at radius 2 is 1.49 bits per heavy atom. The summed E-state index contributed by atoms with van der Waals surface area (Å²) >= 11 is 0. The number of aryl methyl sites for hydroxylation is 1. The Bertz CT molecular complexity index is 2140. The second kappa shape index (κ2) is 14.6. The molecule has 0 aliphatic heterocycles. The number of carbonyl (C=O) groups is 1. The number of benzene rings is 3. The van der Waals surface area contributed by atoms with Gasteiger partial charge in [-0.1, -0.05) is 91.5 Å². The smallest absolute Gasteiger partial charge is 0.223 e. The first-order valence-electron chi connectivity index (χ1n) is 17.2. The van der Waals surface area contributed by atoms with Gasteiger partial charge >= 0.3 is 0 Å². The van der Waals surface area contributed by atoms with Gasteiger partial charge in [-0.2, -0.15) is 0 Å². The van der Waals surface area contributed by atoms with Crippen LogP contribution in [0.25, 0.3) is 55.1 Å². The first kappa shape index (κ1) is 38.0. The summed E-state index contributed by atoms with van der Waals surface area (Å²) in [6.07, 6.45) is 8.11. The van der Waals surface area contributed by atoms with Crippen LogP contribution in [-0.2, 0) is 30.3 Å². The van der Waals surface area contributed by atoms with E-state index in [2.05, 4.69) is 62.2 Å². The molecule has 0 amide bonds. The van der Waals surface area contributed by atoms with Gasteiger partial charge in [-0.05, 0) is 55.7 Å². The molecule has 6 aromatic rings. The number of hydrogen-bond donors (Lipinski definition) is 1. The summed E-state index contributed by atoms with van der Waals surface area (Å²) < 4.78 is 11.9. The summed E-state index contributed by atoms with van der Waals surface area (Å²) in [4.78, 5) is 21.3. The monoisotopic (exact) mass is 838 g/mol. The van der Waals surface area contributed by atoms with Crippen molar-refractivity contribution in [2.75, 3.05) is 0 Å². The van der Waals surface area contributed by atoms with E-state index in [1.807, 2.05) is 60.6 Å². The van der Waals surface area contributed by atoms with Crippen LogP contribution in [0.15, 0.2) is 75.7 Å². The van der Waals surface area contributed by atoms with E-state index in [4.69, 9.17) is 13.8 Å². The Kier molecular flexibility index (Phi) is 11.3. The molecule has 261 valence electrons. The summed E-state index contributed by atoms with van der Waals surface area (Å²) in [5.74, 6) is 0.286. The van der Waals surface area contributed by atoms with E-state index in [1.54, 1.807) is 12.6 Å². The average Bonchev–Trinajstić information content (AvgIpc) is 3.66. The van der Waals surface area contributed by atoms with E-state index in [0.29, 0.717) is 5.71 Å². The van der Waals surface area contributed by atoms with E-state index in [0.717, 1.165) is 75.2 Å². The molecule has 7 heteroatoms. The van der Waals surface area contributed by atoms with Gasteiger partial charge in [0.05, 0.1) is 6.26 Å². The molecular formula is C42H49IrN2O4-. The zero-order chi connectivity index (χ0) is 35.0. The summed E-state index contributed by atoms with van der Waals surface area (Å²) in [5, 5.41) is 15.4. The number of ketones is 1. The Morgan fingerprint density at radius 1 is 0.857 bits per heavy atom. The van der Waals surface area contributed by atoms with Crippen LogP contribution in [0, 0.1) is 23.8 Å². The van der Waals surface area contributed by atoms with Gasteiger partial charge in [-0.3, -0.25) is 9.78 Å². The number of allylic oxidation sites excluding steroid dienone is 2. The summed E-state index contributed by atoms with van der Waals surface area (Å²) in [5.41, 5.74) is 5.66. The van der Waals surface area contributed by atoms with Crippen LogP contribution in [0.2, 0.25) is 0 Å². The van der Waals surface area contributed by atoms with Crippen molar-refractivity contribution in [3.05, 3.63) is 84.1 Å². The molecule has 0 aliphatic carbocycles. The average molecular weight is 838 g/mol. The van der Waals surface area contributed by atoms with E-state index in [9.17, 15) is 9.90 Å². The van der Waals surface area contributed by atoms with E-state index >= 15 is 0 Å². The first-order valence-corrected chi connectivity index (χ1v) is 17.2. The molecule has 0 saturated heterocycles. The zero-order valence-electron chi connectivity index (χ0n) is 30.5. The molecule has 0 bridgehead atoms. The van der Waals surface area contributed by atoms with Gasteiger partial charge in [-0.15, -0.1) is 29.1 Å². The normalized spacial score (nSPS) is 12.7. The molecule has 0 spiro atoms. The molecular weight excluding hydrogens is 789 g/mol. The second-order valence-corrected chi connectivity index (χ2v) is 14.6. The summed E-state index contributed by atoms with van der Waals surface area (Å²) in [6, 6.07) is 18.1. The van der Waals surface area contributed by atoms with Crippen LogP contribution in [0.5, 0.6) is 0 Å². The molecule has 0 fully saturated rings. The minimum absolute atomic E-state index is 0. The standard InChI is InChI=1S/C27H21N2O2.C15H28O2.Ir/c1-15-13-30-20-9-10-21-23(22(15)20)24-25(28-14-29-26(24)31-21)17-11-16-7-5-6-8-18(16)19(12-17)27(2,3)4;1-7-14(5,8-2)12(16)11-13(17)15(6,9-3)10-4;/h5-10,12-14H,1-4H3;11,16H,7-10H2,1-6H3;/q-1;;/b;12-11-;. The van der Waals surface area contributed by atoms with Crippen LogP contribution >= 0.6 is 0 Å². The fraction of sp³-hybridized carbons (Fsp3) is 0.405. The quantitative estimate of drug-likeness (QED) is 0.0933. The van der Waals surface area contributed by atoms with Crippen LogP contribution in [0.4, 0.5) is 0 Å². The number of aliphatic hydroxyl groups is 1. The molecule has 0 saturated carbocycles. The van der Waals surface area contributed by atoms with Crippen molar-refractivity contribution in [3.63, 3.8) is 0 Å². The van der Waals surface area contributed by atoms with Crippen molar-refractivity contribution in [2.24, 2.45) is 10.8 Å². The molecule has 3 aromatic heterocycles. The molecule has 1 radical (unpaired) electrons. The zero-order valence-corrected chi connectivity index (χ0v) is 32.9. The third kappa shape index (κ3) is 7.11. The number of carbonyl (C=O) groups excluding carboxylic acids is 1. The second-order valence-electron chi connectivity index (χ2n) is 14.6. The van der Waals surface area contributed by atoms with Gasteiger partial charge in [0, 0.05) is 58.9 Å². The third-order valence-corrected chi connectivity index (χ3v) is 10.6. The van der Waals surface area contributed by atoms with Crippen molar-refractivity contribution in [1.29, 1.82) is 0 Å². The number of fused-ring (bicyclic) bond motifs is 6. The van der Waals surface area contributed by atoms with Gasteiger partial charge in [0.2, 0.25) is 5.71 Å².